The first-order valence-electron chi connectivity index (χ1n) is 9.99. The van der Waals surface area contributed by atoms with Gasteiger partial charge in [-0.05, 0) is 61.8 Å². The van der Waals surface area contributed by atoms with E-state index in [4.69, 9.17) is 5.10 Å². The van der Waals surface area contributed by atoms with E-state index in [1.165, 1.54) is 31.5 Å². The van der Waals surface area contributed by atoms with Crippen molar-refractivity contribution in [3.63, 3.8) is 0 Å². The first-order chi connectivity index (χ1) is 13.8. The van der Waals surface area contributed by atoms with Crippen molar-refractivity contribution in [2.75, 3.05) is 31.5 Å². The third kappa shape index (κ3) is 3.55. The highest BCUT2D eigenvalue weighted by atomic mass is 15.3. The number of hydrogen-bond donors (Lipinski definition) is 1. The number of rotatable bonds is 6. The molecule has 0 saturated carbocycles. The molecule has 0 atom stereocenters. The number of aromatic nitrogens is 4. The Morgan fingerprint density at radius 3 is 2.86 bits per heavy atom. The molecule has 1 aliphatic rings. The summed E-state index contributed by atoms with van der Waals surface area (Å²) in [5, 5.41) is 9.39. The van der Waals surface area contributed by atoms with Gasteiger partial charge in [0, 0.05) is 31.1 Å². The van der Waals surface area contributed by atoms with Crippen LogP contribution < -0.4 is 5.32 Å². The van der Waals surface area contributed by atoms with Gasteiger partial charge in [-0.2, -0.15) is 0 Å². The molecule has 3 aromatic heterocycles. The van der Waals surface area contributed by atoms with Gasteiger partial charge < -0.3 is 10.2 Å². The minimum absolute atomic E-state index is 0.788. The van der Waals surface area contributed by atoms with Crippen LogP contribution in [0.5, 0.6) is 0 Å². The van der Waals surface area contributed by atoms with Crippen molar-refractivity contribution in [2.24, 2.45) is 0 Å². The standard InChI is InChI=1S/C22H24N6/c1-2-12-27(11-1)13-10-24-21-7-8-22-25-16-19(28(22)26-21)15-17-5-6-20-18(14-17)4-3-9-23-20/h3-9,14,16H,1-2,10-13,15H2,(H,24,26). The summed E-state index contributed by atoms with van der Waals surface area (Å²) >= 11 is 0. The van der Waals surface area contributed by atoms with E-state index in [2.05, 4.69) is 44.5 Å². The maximum Gasteiger partial charge on any atom is 0.153 e. The molecule has 142 valence electrons. The maximum absolute atomic E-state index is 4.77. The van der Waals surface area contributed by atoms with E-state index in [1.54, 1.807) is 0 Å². The van der Waals surface area contributed by atoms with Crippen molar-refractivity contribution < 1.29 is 0 Å². The van der Waals surface area contributed by atoms with Crippen LogP contribution in [0.3, 0.4) is 0 Å². The van der Waals surface area contributed by atoms with Crippen LogP contribution in [0.25, 0.3) is 16.6 Å². The summed E-state index contributed by atoms with van der Waals surface area (Å²) in [6, 6.07) is 14.5. The van der Waals surface area contributed by atoms with Gasteiger partial charge in [-0.25, -0.2) is 9.50 Å². The number of nitrogens with one attached hydrogen (secondary N) is 1. The molecular weight excluding hydrogens is 348 g/mol. The first-order valence-corrected chi connectivity index (χ1v) is 9.99. The predicted molar refractivity (Wildman–Crippen MR) is 112 cm³/mol. The van der Waals surface area contributed by atoms with Crippen LogP contribution in [-0.4, -0.2) is 50.7 Å². The molecule has 28 heavy (non-hydrogen) atoms. The molecule has 6 nitrogen and oxygen atoms in total. The Morgan fingerprint density at radius 1 is 1.00 bits per heavy atom. The molecule has 1 aromatic carbocycles. The summed E-state index contributed by atoms with van der Waals surface area (Å²) in [7, 11) is 0. The summed E-state index contributed by atoms with van der Waals surface area (Å²) in [5.74, 6) is 0.897. The molecule has 1 fully saturated rings. The smallest absolute Gasteiger partial charge is 0.153 e. The second-order valence-corrected chi connectivity index (χ2v) is 7.42. The SMILES string of the molecule is c1cnc2ccc(Cc3cnc4ccc(NCCN5CCCC5)nn34)cc2c1. The number of likely N-dealkylation sites (tertiary alicyclic amines) is 1. The molecule has 0 unspecified atom stereocenters. The Morgan fingerprint density at radius 2 is 1.93 bits per heavy atom. The Kier molecular flexibility index (Phi) is 4.62. The van der Waals surface area contributed by atoms with Gasteiger partial charge in [0.2, 0.25) is 0 Å². The number of anilines is 1. The summed E-state index contributed by atoms with van der Waals surface area (Å²) in [6.07, 6.45) is 7.19. The van der Waals surface area contributed by atoms with Gasteiger partial charge in [-0.3, -0.25) is 4.98 Å². The molecule has 1 aliphatic heterocycles. The number of fused-ring (bicyclic) bond motifs is 2. The zero-order chi connectivity index (χ0) is 18.8. The van der Waals surface area contributed by atoms with E-state index in [1.807, 2.05) is 35.1 Å². The van der Waals surface area contributed by atoms with Gasteiger partial charge in [-0.1, -0.05) is 12.1 Å². The van der Waals surface area contributed by atoms with E-state index in [9.17, 15) is 0 Å². The summed E-state index contributed by atoms with van der Waals surface area (Å²) < 4.78 is 1.95. The molecule has 4 heterocycles. The van der Waals surface area contributed by atoms with Crippen LogP contribution in [-0.2, 0) is 6.42 Å². The maximum atomic E-state index is 4.77. The molecule has 5 rings (SSSR count). The summed E-state index contributed by atoms with van der Waals surface area (Å²) in [6.45, 7) is 4.43. The first kappa shape index (κ1) is 17.1. The van der Waals surface area contributed by atoms with Crippen LogP contribution in [0.15, 0.2) is 54.9 Å². The van der Waals surface area contributed by atoms with Crippen molar-refractivity contribution in [2.45, 2.75) is 19.3 Å². The largest absolute Gasteiger partial charge is 0.367 e. The molecule has 6 heteroatoms. The predicted octanol–water partition coefficient (Wildman–Crippen LogP) is 3.38. The highest BCUT2D eigenvalue weighted by Gasteiger charge is 2.11. The fourth-order valence-electron chi connectivity index (χ4n) is 3.93. The number of nitrogens with zero attached hydrogens (tertiary/aromatic N) is 5. The highest BCUT2D eigenvalue weighted by molar-refractivity contribution is 5.79. The molecular formula is C22H24N6. The highest BCUT2D eigenvalue weighted by Crippen LogP contribution is 2.18. The molecule has 1 saturated heterocycles. The number of hydrogen-bond acceptors (Lipinski definition) is 5. The van der Waals surface area contributed by atoms with Crippen LogP contribution in [0.4, 0.5) is 5.82 Å². The minimum atomic E-state index is 0.788. The second-order valence-electron chi connectivity index (χ2n) is 7.42. The van der Waals surface area contributed by atoms with Gasteiger partial charge in [0.25, 0.3) is 0 Å². The van der Waals surface area contributed by atoms with Crippen molar-refractivity contribution >= 4 is 22.4 Å². The second kappa shape index (κ2) is 7.56. The monoisotopic (exact) mass is 372 g/mol. The van der Waals surface area contributed by atoms with E-state index < -0.39 is 0 Å². The van der Waals surface area contributed by atoms with E-state index in [0.29, 0.717) is 0 Å². The van der Waals surface area contributed by atoms with Crippen molar-refractivity contribution in [3.05, 3.63) is 66.1 Å². The molecule has 0 aliphatic carbocycles. The van der Waals surface area contributed by atoms with Gasteiger partial charge in [-0.15, -0.1) is 5.10 Å². The molecule has 1 N–H and O–H groups in total. The van der Waals surface area contributed by atoms with Crippen LogP contribution in [0.2, 0.25) is 0 Å². The van der Waals surface area contributed by atoms with Crippen molar-refractivity contribution in [1.29, 1.82) is 0 Å². The van der Waals surface area contributed by atoms with E-state index >= 15 is 0 Å². The molecule has 0 spiro atoms. The average molecular weight is 372 g/mol. The van der Waals surface area contributed by atoms with Gasteiger partial charge >= 0.3 is 0 Å². The molecule has 0 radical (unpaired) electrons. The van der Waals surface area contributed by atoms with Crippen LogP contribution >= 0.6 is 0 Å². The van der Waals surface area contributed by atoms with Gasteiger partial charge in [0.15, 0.2) is 5.65 Å². The third-order valence-electron chi connectivity index (χ3n) is 5.42. The lowest BCUT2D eigenvalue weighted by atomic mass is 10.1. The summed E-state index contributed by atoms with van der Waals surface area (Å²) in [5.41, 5.74) is 4.22. The molecule has 0 bridgehead atoms. The number of pyridine rings is 1. The van der Waals surface area contributed by atoms with Crippen LogP contribution in [0, 0.1) is 0 Å². The molecule has 0 amide bonds. The van der Waals surface area contributed by atoms with E-state index in [0.717, 1.165) is 47.6 Å². The third-order valence-corrected chi connectivity index (χ3v) is 5.42. The summed E-state index contributed by atoms with van der Waals surface area (Å²) in [4.78, 5) is 11.4. The fraction of sp³-hybridized carbons (Fsp3) is 0.318. The Balaban J connectivity index is 1.33. The Hall–Kier alpha value is -2.99. The zero-order valence-electron chi connectivity index (χ0n) is 15.9. The van der Waals surface area contributed by atoms with Gasteiger partial charge in [0.1, 0.15) is 5.82 Å². The Labute approximate surface area is 164 Å². The lowest BCUT2D eigenvalue weighted by Crippen LogP contribution is -2.26. The lowest BCUT2D eigenvalue weighted by molar-refractivity contribution is 0.352. The minimum Gasteiger partial charge on any atom is -0.367 e. The number of benzene rings is 1. The molecule has 4 aromatic rings. The number of imidazole rings is 1. The quantitative estimate of drug-likeness (QED) is 0.562. The average Bonchev–Trinajstić information content (AvgIpc) is 3.38. The fourth-order valence-corrected chi connectivity index (χ4v) is 3.93. The topological polar surface area (TPSA) is 58.4 Å². The lowest BCUT2D eigenvalue weighted by Gasteiger charge is -2.15. The van der Waals surface area contributed by atoms with Gasteiger partial charge in [0.05, 0.1) is 17.4 Å². The van der Waals surface area contributed by atoms with Crippen LogP contribution in [0.1, 0.15) is 24.1 Å². The normalized spacial score (nSPS) is 14.9. The van der Waals surface area contributed by atoms with Crippen molar-refractivity contribution in [3.8, 4) is 0 Å². The van der Waals surface area contributed by atoms with Crippen molar-refractivity contribution in [1.82, 2.24) is 24.5 Å². The zero-order valence-corrected chi connectivity index (χ0v) is 15.9. The Bertz CT molecular complexity index is 1100. The van der Waals surface area contributed by atoms with E-state index in [-0.39, 0.29) is 0 Å².